The van der Waals surface area contributed by atoms with Gasteiger partial charge in [0.05, 0.1) is 14.2 Å². The molecule has 0 atom stereocenters. The molecule has 0 aliphatic heterocycles. The first-order valence-corrected chi connectivity index (χ1v) is 16.6. The Hall–Kier alpha value is 0.753. The minimum Gasteiger partial charge on any atom is -0.744 e. The van der Waals surface area contributed by atoms with E-state index in [-0.39, 0.29) is 114 Å². The molecular weight excluding hydrogens is 621 g/mol. The molecular formula is C24H24K2O8P2S2. The molecule has 0 aromatic heterocycles. The summed E-state index contributed by atoms with van der Waals surface area (Å²) in [6, 6.07) is 34.4. The maximum Gasteiger partial charge on any atom is 1.00 e. The molecule has 0 aliphatic carbocycles. The predicted octanol–water partition coefficient (Wildman–Crippen LogP) is -4.48. The van der Waals surface area contributed by atoms with Gasteiger partial charge in [-0.25, -0.2) is 16.8 Å². The third kappa shape index (κ3) is 12.7. The fourth-order valence-corrected chi connectivity index (χ4v) is 11.0. The van der Waals surface area contributed by atoms with Crippen LogP contribution in [0.5, 0.6) is 0 Å². The van der Waals surface area contributed by atoms with Gasteiger partial charge in [0, 0.05) is 0 Å². The summed E-state index contributed by atoms with van der Waals surface area (Å²) in [5.74, 6) is 0. The van der Waals surface area contributed by atoms with Crippen LogP contribution in [0.15, 0.2) is 121 Å². The Labute approximate surface area is 310 Å². The van der Waals surface area contributed by atoms with Crippen LogP contribution in [-0.4, -0.2) is 36.9 Å². The minimum absolute atomic E-state index is 0. The molecule has 0 bridgehead atoms. The standard InChI is InChI=1S/2C12H11O3PS.2K.2H2O/c2*13-17(14,15)16(11-7-3-1-4-8-11)12-9-5-2-6-10-12;;;;/h2*1-10H,(H,13,14,15);;;2*1H2/q;;2*+1;;/p-2. The van der Waals surface area contributed by atoms with Gasteiger partial charge < -0.3 is 20.1 Å². The van der Waals surface area contributed by atoms with Crippen LogP contribution in [0.2, 0.25) is 0 Å². The largest absolute Gasteiger partial charge is 1.00 e. The molecule has 4 N–H and O–H groups in total. The smallest absolute Gasteiger partial charge is 0.744 e. The van der Waals surface area contributed by atoms with Crippen molar-refractivity contribution in [2.75, 3.05) is 0 Å². The molecule has 8 nitrogen and oxygen atoms in total. The van der Waals surface area contributed by atoms with Gasteiger partial charge in [-0.15, -0.1) is 0 Å². The summed E-state index contributed by atoms with van der Waals surface area (Å²) in [6.07, 6.45) is 0. The zero-order valence-corrected chi connectivity index (χ0v) is 30.4. The van der Waals surface area contributed by atoms with Crippen LogP contribution in [0.4, 0.5) is 0 Å². The number of hydrogen-bond acceptors (Lipinski definition) is 6. The molecule has 38 heavy (non-hydrogen) atoms. The molecule has 0 aliphatic rings. The third-order valence-corrected chi connectivity index (χ3v) is 13.6. The second-order valence-electron chi connectivity index (χ2n) is 6.79. The van der Waals surface area contributed by atoms with E-state index in [2.05, 4.69) is 0 Å². The first kappa shape index (κ1) is 40.9. The minimum atomic E-state index is -4.36. The molecule has 0 radical (unpaired) electrons. The molecule has 192 valence electrons. The van der Waals surface area contributed by atoms with Crippen LogP contribution >= 0.6 is 14.2 Å². The van der Waals surface area contributed by atoms with Crippen LogP contribution in [-0.2, 0) is 19.5 Å². The number of rotatable bonds is 6. The van der Waals surface area contributed by atoms with Gasteiger partial charge in [-0.05, 0) is 21.2 Å². The summed E-state index contributed by atoms with van der Waals surface area (Å²) in [5, 5.41) is 2.24. The second-order valence-corrected chi connectivity index (χ2v) is 16.6. The summed E-state index contributed by atoms with van der Waals surface area (Å²) < 4.78 is 68.4. The van der Waals surface area contributed by atoms with Crippen LogP contribution in [0, 0.1) is 0 Å². The van der Waals surface area contributed by atoms with Gasteiger partial charge in [0.1, 0.15) is 19.5 Å². The first-order chi connectivity index (χ1) is 16.2. The van der Waals surface area contributed by atoms with Crippen molar-refractivity contribution >= 4 is 54.9 Å². The van der Waals surface area contributed by atoms with Crippen molar-refractivity contribution in [2.45, 2.75) is 0 Å². The van der Waals surface area contributed by atoms with Crippen molar-refractivity contribution in [2.24, 2.45) is 0 Å². The molecule has 0 unspecified atom stereocenters. The van der Waals surface area contributed by atoms with Gasteiger partial charge in [0.2, 0.25) is 0 Å². The van der Waals surface area contributed by atoms with Crippen molar-refractivity contribution in [1.29, 1.82) is 0 Å². The van der Waals surface area contributed by atoms with Crippen molar-refractivity contribution in [1.82, 2.24) is 0 Å². The van der Waals surface area contributed by atoms with E-state index in [1.54, 1.807) is 121 Å². The zero-order valence-electron chi connectivity index (χ0n) is 20.7. The summed E-state index contributed by atoms with van der Waals surface area (Å²) in [4.78, 5) is 0. The van der Waals surface area contributed by atoms with Crippen molar-refractivity contribution in [3.05, 3.63) is 121 Å². The van der Waals surface area contributed by atoms with E-state index in [0.29, 0.717) is 21.2 Å². The van der Waals surface area contributed by atoms with Gasteiger partial charge in [-0.1, -0.05) is 121 Å². The van der Waals surface area contributed by atoms with Gasteiger partial charge in [-0.2, -0.15) is 0 Å². The topological polar surface area (TPSA) is 177 Å². The summed E-state index contributed by atoms with van der Waals surface area (Å²) in [6.45, 7) is 0. The summed E-state index contributed by atoms with van der Waals surface area (Å²) in [7, 11) is -12.5. The van der Waals surface area contributed by atoms with E-state index in [4.69, 9.17) is 0 Å². The van der Waals surface area contributed by atoms with E-state index in [1.807, 2.05) is 0 Å². The molecule has 14 heteroatoms. The van der Waals surface area contributed by atoms with Gasteiger partial charge >= 0.3 is 103 Å². The van der Waals surface area contributed by atoms with Gasteiger partial charge in [0.25, 0.3) is 0 Å². The average molecular weight is 645 g/mol. The van der Waals surface area contributed by atoms with Crippen LogP contribution < -0.4 is 124 Å². The van der Waals surface area contributed by atoms with Crippen LogP contribution in [0.25, 0.3) is 0 Å². The molecule has 0 spiro atoms. The van der Waals surface area contributed by atoms with E-state index in [0.717, 1.165) is 0 Å². The SMILES string of the molecule is O.O.O=S(=O)([O-])P(c1ccccc1)c1ccccc1.O=S(=O)([O-])P(c1ccccc1)c1ccccc1.[K+].[K+]. The molecule has 0 fully saturated rings. The monoisotopic (exact) mass is 644 g/mol. The van der Waals surface area contributed by atoms with E-state index >= 15 is 0 Å². The Morgan fingerprint density at radius 2 is 0.553 bits per heavy atom. The fraction of sp³-hybridized carbons (Fsp3) is 0. The first-order valence-electron chi connectivity index (χ1n) is 9.90. The summed E-state index contributed by atoms with van der Waals surface area (Å²) >= 11 is 0. The third-order valence-electron chi connectivity index (χ3n) is 4.41. The molecule has 0 heterocycles. The Kier molecular flexibility index (Phi) is 21.3. The average Bonchev–Trinajstić information content (AvgIpc) is 2.81. The maximum absolute atomic E-state index is 11.4. The van der Waals surface area contributed by atoms with Gasteiger partial charge in [-0.3, -0.25) is 0 Å². The normalized spacial score (nSPS) is 10.4. The molecule has 0 saturated carbocycles. The molecule has 4 aromatic rings. The van der Waals surface area contributed by atoms with Gasteiger partial charge in [0.15, 0.2) is 0 Å². The second kappa shape index (κ2) is 19.8. The van der Waals surface area contributed by atoms with Crippen LogP contribution in [0.1, 0.15) is 0 Å². The molecule has 4 rings (SSSR count). The van der Waals surface area contributed by atoms with Crippen LogP contribution in [0.3, 0.4) is 0 Å². The Bertz CT molecular complexity index is 1210. The quantitative estimate of drug-likeness (QED) is 0.116. The number of benzene rings is 4. The van der Waals surface area contributed by atoms with Crippen molar-refractivity contribution in [3.63, 3.8) is 0 Å². The molecule has 0 saturated heterocycles. The van der Waals surface area contributed by atoms with E-state index < -0.39 is 33.7 Å². The molecule has 0 amide bonds. The van der Waals surface area contributed by atoms with Crippen molar-refractivity contribution < 1.29 is 140 Å². The maximum atomic E-state index is 11.4. The van der Waals surface area contributed by atoms with E-state index in [9.17, 15) is 25.9 Å². The summed E-state index contributed by atoms with van der Waals surface area (Å²) in [5.41, 5.74) is 0. The molecule has 4 aromatic carbocycles. The fourth-order valence-electron chi connectivity index (χ4n) is 3.07. The van der Waals surface area contributed by atoms with E-state index in [1.165, 1.54) is 0 Å². The predicted molar refractivity (Wildman–Crippen MR) is 145 cm³/mol. The number of hydrogen-bond donors (Lipinski definition) is 0. The Balaban J connectivity index is 0. The Morgan fingerprint density at radius 1 is 0.395 bits per heavy atom. The van der Waals surface area contributed by atoms with Crippen molar-refractivity contribution in [3.8, 4) is 0 Å². The Morgan fingerprint density at radius 3 is 0.684 bits per heavy atom. The zero-order chi connectivity index (χ0) is 24.6.